The largest absolute Gasteiger partial charge is 0.465 e. The van der Waals surface area contributed by atoms with Crippen LogP contribution in [0.2, 0.25) is 0 Å². The summed E-state index contributed by atoms with van der Waals surface area (Å²) < 4.78 is 22.7. The molecule has 0 amide bonds. The number of unbranched alkanes of at least 4 members (excludes halogenated alkanes) is 2. The van der Waals surface area contributed by atoms with Crippen LogP contribution in [0.15, 0.2) is 110 Å². The van der Waals surface area contributed by atoms with Gasteiger partial charge in [0, 0.05) is 17.2 Å². The summed E-state index contributed by atoms with van der Waals surface area (Å²) in [6.45, 7) is 6.28. The van der Waals surface area contributed by atoms with Gasteiger partial charge in [-0.2, -0.15) is 0 Å². The second-order valence-corrected chi connectivity index (χ2v) is 19.0. The van der Waals surface area contributed by atoms with E-state index in [1.54, 1.807) is 24.3 Å². The van der Waals surface area contributed by atoms with Gasteiger partial charge in [0.1, 0.15) is 5.75 Å². The minimum Gasteiger partial charge on any atom is -0.465 e. The molecule has 0 N–H and O–H groups in total. The normalized spacial score (nSPS) is 22.3. The smallest absolute Gasteiger partial charge is 0.339 e. The minimum absolute atomic E-state index is 0.236. The maximum Gasteiger partial charge on any atom is 0.339 e. The Labute approximate surface area is 403 Å². The predicted molar refractivity (Wildman–Crippen MR) is 266 cm³/mol. The Bertz CT molecular complexity index is 2410. The summed E-state index contributed by atoms with van der Waals surface area (Å²) in [5, 5.41) is 0. The van der Waals surface area contributed by atoms with Gasteiger partial charge >= 0.3 is 23.9 Å². The lowest BCUT2D eigenvalue weighted by atomic mass is 9.67. The van der Waals surface area contributed by atoms with E-state index in [0.29, 0.717) is 81.8 Å². The van der Waals surface area contributed by atoms with Crippen LogP contribution in [0, 0.1) is 53.8 Å². The number of carbonyl (C=O) groups is 4. The lowest BCUT2D eigenvalue weighted by molar-refractivity contribution is -0.152. The molecule has 0 bridgehead atoms. The first-order valence-electron chi connectivity index (χ1n) is 25.0. The molecule has 4 aromatic carbocycles. The van der Waals surface area contributed by atoms with Gasteiger partial charge in [-0.3, -0.25) is 9.59 Å². The molecule has 3 saturated carbocycles. The summed E-state index contributed by atoms with van der Waals surface area (Å²) in [7, 11) is 0. The maximum absolute atomic E-state index is 13.9. The van der Waals surface area contributed by atoms with Crippen LogP contribution in [-0.4, -0.2) is 42.7 Å². The molecule has 7 rings (SSSR count). The van der Waals surface area contributed by atoms with Crippen LogP contribution in [0.1, 0.15) is 138 Å². The van der Waals surface area contributed by atoms with E-state index in [0.717, 1.165) is 70.6 Å². The fourth-order valence-corrected chi connectivity index (χ4v) is 10.3. The number of benzene rings is 4. The first-order valence-corrected chi connectivity index (χ1v) is 25.0. The first kappa shape index (κ1) is 49.5. The van der Waals surface area contributed by atoms with E-state index < -0.39 is 17.5 Å². The molecule has 68 heavy (non-hydrogen) atoms. The highest BCUT2D eigenvalue weighted by Gasteiger charge is 2.41. The standard InChI is InChI=1S/C60H66O8/c1-4-10-44-13-19-48(20-14-44)51-36-39-60(40-37-51,38-35-45-15-21-47(22-16-45)50-25-23-49(24-26-50)46-17-11-43(5-2)12-18-46)68-59(64)54-31-33-55(34-32-54)67-58(63)53-29-27-52(28-30-53)57(62)66-42-9-7-8-41-65-56(61)6-3/h2,6,11-12,15-18,21-26,31-34,44,48,51-53H,3-4,7-10,13-14,19-20,27-30,36-37,39-42H2,1H3. The second-order valence-electron chi connectivity index (χ2n) is 19.0. The molecule has 0 unspecified atom stereocenters. The Morgan fingerprint density at radius 3 is 1.69 bits per heavy atom. The van der Waals surface area contributed by atoms with Gasteiger partial charge < -0.3 is 18.9 Å². The summed E-state index contributed by atoms with van der Waals surface area (Å²) in [5.74, 6) is 10.1. The average molecular weight is 915 g/mol. The zero-order valence-electron chi connectivity index (χ0n) is 39.7. The zero-order valence-corrected chi connectivity index (χ0v) is 39.7. The van der Waals surface area contributed by atoms with Crippen molar-refractivity contribution < 1.29 is 38.1 Å². The Morgan fingerprint density at radius 1 is 0.632 bits per heavy atom. The van der Waals surface area contributed by atoms with Crippen molar-refractivity contribution in [2.45, 2.75) is 122 Å². The molecule has 4 aromatic rings. The van der Waals surface area contributed by atoms with Crippen molar-refractivity contribution in [2.75, 3.05) is 13.2 Å². The third-order valence-electron chi connectivity index (χ3n) is 14.4. The highest BCUT2D eigenvalue weighted by atomic mass is 16.6. The van der Waals surface area contributed by atoms with E-state index in [9.17, 15) is 19.2 Å². The summed E-state index contributed by atoms with van der Waals surface area (Å²) in [6, 6.07) is 31.3. The Morgan fingerprint density at radius 2 is 1.15 bits per heavy atom. The van der Waals surface area contributed by atoms with Crippen molar-refractivity contribution >= 4 is 23.9 Å². The number of hydrogen-bond acceptors (Lipinski definition) is 8. The third-order valence-corrected chi connectivity index (χ3v) is 14.4. The minimum atomic E-state index is -0.917. The van der Waals surface area contributed by atoms with E-state index in [1.165, 1.54) is 38.5 Å². The van der Waals surface area contributed by atoms with Crippen molar-refractivity contribution in [1.29, 1.82) is 0 Å². The fourth-order valence-electron chi connectivity index (χ4n) is 10.3. The quantitative estimate of drug-likeness (QED) is 0.0258. The Kier molecular flexibility index (Phi) is 17.9. The molecule has 3 aliphatic rings. The van der Waals surface area contributed by atoms with Crippen molar-refractivity contribution in [1.82, 2.24) is 0 Å². The van der Waals surface area contributed by atoms with E-state index >= 15 is 0 Å². The van der Waals surface area contributed by atoms with Crippen LogP contribution in [0.5, 0.6) is 5.75 Å². The van der Waals surface area contributed by atoms with Crippen LogP contribution in [0.3, 0.4) is 0 Å². The molecule has 8 heteroatoms. The van der Waals surface area contributed by atoms with Crippen LogP contribution < -0.4 is 4.74 Å². The SMILES string of the molecule is C#Cc1ccc(-c2ccc(-c3ccc(C#CC4(OC(=O)c5ccc(OC(=O)C6CCC(C(=O)OCCCCCOC(=O)C=C)CC6)cc5)CCC(C5CCC(CCC)CC5)CC4)cc3)cc2)cc1. The summed E-state index contributed by atoms with van der Waals surface area (Å²) >= 11 is 0. The highest BCUT2D eigenvalue weighted by molar-refractivity contribution is 5.90. The van der Waals surface area contributed by atoms with Gasteiger partial charge in [0.25, 0.3) is 0 Å². The molecule has 0 aromatic heterocycles. The van der Waals surface area contributed by atoms with Gasteiger partial charge in [-0.05, 0) is 178 Å². The van der Waals surface area contributed by atoms with Gasteiger partial charge in [-0.1, -0.05) is 99.6 Å². The highest BCUT2D eigenvalue weighted by Crippen LogP contribution is 2.44. The van der Waals surface area contributed by atoms with Crippen LogP contribution in [0.4, 0.5) is 0 Å². The third kappa shape index (κ3) is 13.9. The van der Waals surface area contributed by atoms with Crippen LogP contribution in [0.25, 0.3) is 22.3 Å². The summed E-state index contributed by atoms with van der Waals surface area (Å²) in [4.78, 5) is 50.9. The molecule has 3 fully saturated rings. The van der Waals surface area contributed by atoms with Crippen LogP contribution in [-0.2, 0) is 28.6 Å². The molecule has 0 saturated heterocycles. The number of terminal acetylenes is 1. The monoisotopic (exact) mass is 914 g/mol. The molecule has 0 aliphatic heterocycles. The molecule has 0 spiro atoms. The van der Waals surface area contributed by atoms with E-state index in [4.69, 9.17) is 25.4 Å². The molecule has 0 radical (unpaired) electrons. The van der Waals surface area contributed by atoms with Crippen molar-refractivity contribution in [3.8, 4) is 52.2 Å². The van der Waals surface area contributed by atoms with Crippen molar-refractivity contribution in [2.24, 2.45) is 29.6 Å². The molecule has 3 aliphatic carbocycles. The van der Waals surface area contributed by atoms with Gasteiger partial charge in [-0.15, -0.1) is 6.42 Å². The fraction of sp³-hybridized carbons (Fsp3) is 0.433. The molecule has 8 nitrogen and oxygen atoms in total. The number of rotatable bonds is 17. The van der Waals surface area contributed by atoms with E-state index in [2.05, 4.69) is 67.7 Å². The number of esters is 4. The summed E-state index contributed by atoms with van der Waals surface area (Å²) in [6.07, 6.45) is 22.1. The molecule has 0 heterocycles. The molecule has 0 atom stereocenters. The first-order chi connectivity index (χ1) is 33.1. The van der Waals surface area contributed by atoms with Gasteiger partial charge in [0.2, 0.25) is 0 Å². The van der Waals surface area contributed by atoms with Crippen molar-refractivity contribution in [3.63, 3.8) is 0 Å². The second kappa shape index (κ2) is 24.6. The van der Waals surface area contributed by atoms with Gasteiger partial charge in [0.05, 0.1) is 30.6 Å². The Balaban J connectivity index is 0.934. The van der Waals surface area contributed by atoms with E-state index in [1.807, 2.05) is 36.4 Å². The van der Waals surface area contributed by atoms with Crippen molar-refractivity contribution in [3.05, 3.63) is 126 Å². The molecular formula is C60H66O8. The topological polar surface area (TPSA) is 105 Å². The lowest BCUT2D eigenvalue weighted by Crippen LogP contribution is -2.39. The van der Waals surface area contributed by atoms with Crippen LogP contribution >= 0.6 is 0 Å². The molecule has 354 valence electrons. The van der Waals surface area contributed by atoms with Gasteiger partial charge in [-0.25, -0.2) is 9.59 Å². The number of hydrogen-bond donors (Lipinski definition) is 0. The summed E-state index contributed by atoms with van der Waals surface area (Å²) in [5.41, 5.74) is 5.61. The van der Waals surface area contributed by atoms with E-state index in [-0.39, 0.29) is 23.8 Å². The zero-order chi connectivity index (χ0) is 47.7. The molecular weight excluding hydrogens is 849 g/mol. The number of carbonyl (C=O) groups excluding carboxylic acids is 4. The maximum atomic E-state index is 13.9. The Hall–Kier alpha value is -6.38. The van der Waals surface area contributed by atoms with Gasteiger partial charge in [0.15, 0.2) is 5.60 Å². The predicted octanol–water partition coefficient (Wildman–Crippen LogP) is 12.9. The number of ether oxygens (including phenoxy) is 4. The lowest BCUT2D eigenvalue weighted by Gasteiger charge is -2.41. The average Bonchev–Trinajstić information content (AvgIpc) is 3.38.